The van der Waals surface area contributed by atoms with E-state index in [2.05, 4.69) is 17.2 Å². The molecule has 0 spiro atoms. The van der Waals surface area contributed by atoms with Crippen molar-refractivity contribution in [2.24, 2.45) is 5.10 Å². The van der Waals surface area contributed by atoms with Gasteiger partial charge in [-0.2, -0.15) is 15.1 Å². The third-order valence-corrected chi connectivity index (χ3v) is 9.13. The predicted molar refractivity (Wildman–Crippen MR) is 126 cm³/mol. The van der Waals surface area contributed by atoms with E-state index < -0.39 is 35.5 Å². The van der Waals surface area contributed by atoms with Gasteiger partial charge in [0.2, 0.25) is 0 Å². The number of sulfonamides is 1. The van der Waals surface area contributed by atoms with Gasteiger partial charge in [0.15, 0.2) is 0 Å². The molecule has 0 fully saturated rings. The van der Waals surface area contributed by atoms with E-state index in [4.69, 9.17) is 14.5 Å². The number of hydrazone groups is 1. The molecule has 0 aliphatic heterocycles. The Morgan fingerprint density at radius 3 is 2.63 bits per heavy atom. The summed E-state index contributed by atoms with van der Waals surface area (Å²) in [6.07, 6.45) is -1.04. The van der Waals surface area contributed by atoms with Crippen LogP contribution in [-0.4, -0.2) is 39.5 Å². The van der Waals surface area contributed by atoms with Gasteiger partial charge in [0.1, 0.15) is 46.3 Å². The molecule has 35 heavy (non-hydrogen) atoms. The SMILES string of the molecule is C=NNCCOc1cc(F)c2sc(S(=O)(=O)NCP(=O)(O)Oc3ccc(C#N)c(F)c3)c(C)c2c1. The smallest absolute Gasteiger partial charge is 0.391 e. The van der Waals surface area contributed by atoms with Gasteiger partial charge in [-0.15, -0.1) is 11.3 Å². The molecule has 15 heteroatoms. The van der Waals surface area contributed by atoms with Crippen LogP contribution in [0.4, 0.5) is 8.78 Å². The van der Waals surface area contributed by atoms with E-state index in [0.717, 1.165) is 24.3 Å². The lowest BCUT2D eigenvalue weighted by atomic mass is 10.2. The molecular formula is C20H19F2N4O6PS2. The van der Waals surface area contributed by atoms with Crippen molar-refractivity contribution in [3.63, 3.8) is 0 Å². The predicted octanol–water partition coefficient (Wildman–Crippen LogP) is 3.44. The van der Waals surface area contributed by atoms with E-state index in [1.807, 2.05) is 4.72 Å². The Morgan fingerprint density at radius 1 is 1.26 bits per heavy atom. The number of fused-ring (bicyclic) bond motifs is 1. The van der Waals surface area contributed by atoms with Gasteiger partial charge in [0, 0.05) is 24.2 Å². The normalized spacial score (nSPS) is 13.1. The van der Waals surface area contributed by atoms with Crippen molar-refractivity contribution < 1.29 is 35.9 Å². The highest BCUT2D eigenvalue weighted by molar-refractivity contribution is 7.92. The van der Waals surface area contributed by atoms with Crippen molar-refractivity contribution in [3.8, 4) is 17.6 Å². The van der Waals surface area contributed by atoms with Crippen molar-refractivity contribution in [2.45, 2.75) is 11.1 Å². The molecular weight excluding hydrogens is 525 g/mol. The molecule has 0 amide bonds. The minimum absolute atomic E-state index is 0.0672. The number of nitrogens with zero attached hydrogens (tertiary/aromatic N) is 2. The number of benzene rings is 2. The first-order chi connectivity index (χ1) is 16.5. The summed E-state index contributed by atoms with van der Waals surface area (Å²) in [6.45, 7) is 5.21. The van der Waals surface area contributed by atoms with Gasteiger partial charge in [-0.25, -0.2) is 21.8 Å². The summed E-state index contributed by atoms with van der Waals surface area (Å²) in [5, 5.41) is 12.5. The molecule has 1 unspecified atom stereocenters. The van der Waals surface area contributed by atoms with Crippen molar-refractivity contribution >= 4 is 45.8 Å². The molecule has 186 valence electrons. The Hall–Kier alpha value is -3.08. The highest BCUT2D eigenvalue weighted by Gasteiger charge is 2.29. The van der Waals surface area contributed by atoms with Gasteiger partial charge >= 0.3 is 7.60 Å². The minimum atomic E-state index is -4.61. The standard InChI is InChI=1S/C20H19F2N4O6PS2/c1-12-16-7-15(31-6-5-25-24-2)9-18(22)19(16)34-20(12)35(29,30)26-11-33(27,28)32-14-4-3-13(10-23)17(21)8-14/h3-4,7-9,25-26H,2,5-6,11H2,1H3,(H,27,28). The Morgan fingerprint density at radius 2 is 1.97 bits per heavy atom. The molecule has 1 heterocycles. The van der Waals surface area contributed by atoms with Crippen LogP contribution in [0.2, 0.25) is 0 Å². The lowest BCUT2D eigenvalue weighted by molar-refractivity contribution is 0.314. The number of aryl methyl sites for hydroxylation is 1. The van der Waals surface area contributed by atoms with Crippen LogP contribution in [0.1, 0.15) is 11.1 Å². The average Bonchev–Trinajstić information content (AvgIpc) is 3.13. The quantitative estimate of drug-likeness (QED) is 0.144. The summed E-state index contributed by atoms with van der Waals surface area (Å²) in [5.41, 5.74) is 2.50. The van der Waals surface area contributed by atoms with Crippen LogP contribution in [0.15, 0.2) is 39.6 Å². The maximum absolute atomic E-state index is 14.6. The molecule has 1 aromatic heterocycles. The topological polar surface area (TPSA) is 150 Å². The van der Waals surface area contributed by atoms with E-state index in [9.17, 15) is 26.7 Å². The molecule has 0 bridgehead atoms. The third-order valence-electron chi connectivity index (χ3n) is 4.52. The van der Waals surface area contributed by atoms with Gasteiger partial charge in [0.05, 0.1) is 16.8 Å². The van der Waals surface area contributed by atoms with Gasteiger partial charge < -0.3 is 19.6 Å². The minimum Gasteiger partial charge on any atom is -0.492 e. The van der Waals surface area contributed by atoms with E-state index in [1.165, 1.54) is 13.0 Å². The summed E-state index contributed by atoms with van der Waals surface area (Å²) in [5.74, 6) is -1.84. The lowest BCUT2D eigenvalue weighted by Crippen LogP contribution is -2.25. The second-order valence-electron chi connectivity index (χ2n) is 7.00. The lowest BCUT2D eigenvalue weighted by Gasteiger charge is -2.14. The summed E-state index contributed by atoms with van der Waals surface area (Å²) in [6, 6.07) is 7.09. The van der Waals surface area contributed by atoms with Gasteiger partial charge in [-0.3, -0.25) is 0 Å². The maximum atomic E-state index is 14.6. The Labute approximate surface area is 203 Å². The molecule has 3 aromatic rings. The zero-order valence-electron chi connectivity index (χ0n) is 18.1. The molecule has 3 rings (SSSR count). The highest BCUT2D eigenvalue weighted by atomic mass is 32.2. The number of nitriles is 1. The maximum Gasteiger partial charge on any atom is 0.391 e. The van der Waals surface area contributed by atoms with Crippen molar-refractivity contribution in [2.75, 3.05) is 19.4 Å². The van der Waals surface area contributed by atoms with Gasteiger partial charge in [-0.1, -0.05) is 0 Å². The van der Waals surface area contributed by atoms with Crippen LogP contribution in [0.3, 0.4) is 0 Å². The Balaban J connectivity index is 1.78. The van der Waals surface area contributed by atoms with Crippen molar-refractivity contribution in [1.82, 2.24) is 10.1 Å². The summed E-state index contributed by atoms with van der Waals surface area (Å²) in [4.78, 5) is 10.0. The average molecular weight is 544 g/mol. The van der Waals surface area contributed by atoms with E-state index in [0.29, 0.717) is 23.3 Å². The Bertz CT molecular complexity index is 1470. The van der Waals surface area contributed by atoms with Crippen molar-refractivity contribution in [1.29, 1.82) is 5.26 Å². The van der Waals surface area contributed by atoms with Crippen LogP contribution in [0, 0.1) is 29.9 Å². The van der Waals surface area contributed by atoms with Crippen LogP contribution in [-0.2, 0) is 14.6 Å². The molecule has 2 aromatic carbocycles. The number of thiophene rings is 1. The molecule has 0 saturated heterocycles. The first-order valence-electron chi connectivity index (χ1n) is 9.72. The molecule has 0 saturated carbocycles. The molecule has 0 aliphatic rings. The fourth-order valence-electron chi connectivity index (χ4n) is 2.94. The van der Waals surface area contributed by atoms with Gasteiger partial charge in [0.25, 0.3) is 10.0 Å². The first kappa shape index (κ1) is 26.5. The van der Waals surface area contributed by atoms with Gasteiger partial charge in [-0.05, 0) is 30.7 Å². The monoisotopic (exact) mass is 544 g/mol. The zero-order chi connectivity index (χ0) is 25.8. The molecule has 0 aliphatic carbocycles. The second kappa shape index (κ2) is 10.7. The fourth-order valence-corrected chi connectivity index (χ4v) is 7.21. The zero-order valence-corrected chi connectivity index (χ0v) is 20.6. The number of rotatable bonds is 11. The number of hydrogen-bond donors (Lipinski definition) is 3. The number of ether oxygens (including phenoxy) is 1. The second-order valence-corrected chi connectivity index (χ2v) is 11.8. The van der Waals surface area contributed by atoms with Crippen LogP contribution >= 0.6 is 18.9 Å². The largest absolute Gasteiger partial charge is 0.492 e. The van der Waals surface area contributed by atoms with E-state index in [1.54, 1.807) is 6.07 Å². The summed E-state index contributed by atoms with van der Waals surface area (Å²) in [7, 11) is -8.96. The van der Waals surface area contributed by atoms with E-state index >= 15 is 0 Å². The fraction of sp³-hybridized carbons (Fsp3) is 0.200. The van der Waals surface area contributed by atoms with Crippen LogP contribution in [0.5, 0.6) is 11.5 Å². The Kier molecular flexibility index (Phi) is 8.09. The van der Waals surface area contributed by atoms with Crippen molar-refractivity contribution in [3.05, 3.63) is 53.1 Å². The highest BCUT2D eigenvalue weighted by Crippen LogP contribution is 2.43. The molecule has 1 atom stereocenters. The first-order valence-corrected chi connectivity index (χ1v) is 13.8. The molecule has 10 nitrogen and oxygen atoms in total. The summed E-state index contributed by atoms with van der Waals surface area (Å²) < 4.78 is 78.4. The van der Waals surface area contributed by atoms with E-state index in [-0.39, 0.29) is 38.1 Å². The number of halogens is 2. The summed E-state index contributed by atoms with van der Waals surface area (Å²) >= 11 is 0.650. The van der Waals surface area contributed by atoms with Crippen LogP contribution in [0.25, 0.3) is 10.1 Å². The number of hydrogen-bond acceptors (Lipinski definition) is 9. The third kappa shape index (κ3) is 6.33. The molecule has 0 radical (unpaired) electrons. The number of nitrogens with one attached hydrogen (secondary N) is 2. The molecule has 3 N–H and O–H groups in total. The van der Waals surface area contributed by atoms with Crippen LogP contribution < -0.4 is 19.4 Å².